The van der Waals surface area contributed by atoms with Gasteiger partial charge in [0.05, 0.1) is 6.54 Å². The van der Waals surface area contributed by atoms with Crippen molar-refractivity contribution in [3.63, 3.8) is 0 Å². The average Bonchev–Trinajstić information content (AvgIpc) is 2.36. The molecule has 0 aromatic heterocycles. The molecule has 2 rings (SSSR count). The number of aryl methyl sites for hydroxylation is 1. The minimum atomic E-state index is -0.0343. The molecule has 0 atom stereocenters. The van der Waals surface area contributed by atoms with Gasteiger partial charge in [-0.05, 0) is 63.6 Å². The molecule has 19 heavy (non-hydrogen) atoms. The Labute approximate surface area is 115 Å². The first-order valence-electron chi connectivity index (χ1n) is 7.11. The maximum Gasteiger partial charge on any atom is 0.238 e. The first kappa shape index (κ1) is 14.1. The monoisotopic (exact) mass is 260 g/mol. The number of hydrogen-bond acceptors (Lipinski definition) is 2. The molecule has 0 bridgehead atoms. The van der Waals surface area contributed by atoms with Crippen LogP contribution in [0.5, 0.6) is 0 Å². The van der Waals surface area contributed by atoms with E-state index < -0.39 is 0 Å². The number of amides is 1. The fourth-order valence-electron chi connectivity index (χ4n) is 2.44. The smallest absolute Gasteiger partial charge is 0.238 e. The lowest BCUT2D eigenvalue weighted by atomic mass is 9.90. The molecule has 3 nitrogen and oxygen atoms in total. The summed E-state index contributed by atoms with van der Waals surface area (Å²) < 4.78 is 0. The molecule has 0 saturated heterocycles. The van der Waals surface area contributed by atoms with Gasteiger partial charge in [-0.2, -0.15) is 0 Å². The highest BCUT2D eigenvalue weighted by Gasteiger charge is 2.15. The van der Waals surface area contributed by atoms with Gasteiger partial charge in [-0.15, -0.1) is 0 Å². The molecular weight excluding hydrogens is 236 g/mol. The van der Waals surface area contributed by atoms with Crippen molar-refractivity contribution < 1.29 is 4.79 Å². The Morgan fingerprint density at radius 1 is 1.21 bits per heavy atom. The lowest BCUT2D eigenvalue weighted by molar-refractivity contribution is -0.115. The quantitative estimate of drug-likeness (QED) is 0.877. The normalized spacial score (nSPS) is 14.9. The molecule has 0 radical (unpaired) electrons. The fraction of sp³-hybridized carbons (Fsp3) is 0.562. The van der Waals surface area contributed by atoms with Crippen LogP contribution in [0.2, 0.25) is 0 Å². The number of benzene rings is 1. The second-order valence-corrected chi connectivity index (χ2v) is 6.30. The molecule has 104 valence electrons. The third kappa shape index (κ3) is 4.06. The van der Waals surface area contributed by atoms with Gasteiger partial charge in [-0.1, -0.05) is 12.1 Å². The molecule has 0 saturated carbocycles. The van der Waals surface area contributed by atoms with Crippen molar-refractivity contribution in [3.8, 4) is 0 Å². The van der Waals surface area contributed by atoms with E-state index in [1.54, 1.807) is 0 Å². The summed E-state index contributed by atoms with van der Waals surface area (Å²) in [5.74, 6) is 0.0360. The molecule has 0 spiro atoms. The van der Waals surface area contributed by atoms with E-state index in [4.69, 9.17) is 0 Å². The zero-order chi connectivity index (χ0) is 13.9. The summed E-state index contributed by atoms with van der Waals surface area (Å²) in [7, 11) is 0. The Hall–Kier alpha value is -1.35. The summed E-state index contributed by atoms with van der Waals surface area (Å²) in [5, 5.41) is 6.25. The summed E-state index contributed by atoms with van der Waals surface area (Å²) in [4.78, 5) is 12.0. The molecule has 0 heterocycles. The average molecular weight is 260 g/mol. The third-order valence-corrected chi connectivity index (χ3v) is 3.45. The van der Waals surface area contributed by atoms with Crippen LogP contribution < -0.4 is 10.6 Å². The van der Waals surface area contributed by atoms with Crippen molar-refractivity contribution in [2.75, 3.05) is 11.9 Å². The van der Waals surface area contributed by atoms with Crippen molar-refractivity contribution >= 4 is 11.6 Å². The van der Waals surface area contributed by atoms with Gasteiger partial charge in [0, 0.05) is 11.2 Å². The molecule has 1 aromatic rings. The number of carbonyl (C=O) groups is 1. The summed E-state index contributed by atoms with van der Waals surface area (Å²) in [6, 6.07) is 6.23. The van der Waals surface area contributed by atoms with Gasteiger partial charge >= 0.3 is 0 Å². The van der Waals surface area contributed by atoms with Crippen molar-refractivity contribution in [1.29, 1.82) is 0 Å². The second kappa shape index (κ2) is 5.74. The first-order chi connectivity index (χ1) is 8.96. The van der Waals surface area contributed by atoms with Gasteiger partial charge in [0.25, 0.3) is 0 Å². The largest absolute Gasteiger partial charge is 0.325 e. The molecule has 2 N–H and O–H groups in total. The van der Waals surface area contributed by atoms with Crippen molar-refractivity contribution in [2.45, 2.75) is 52.0 Å². The van der Waals surface area contributed by atoms with Crippen LogP contribution in [0, 0.1) is 0 Å². The van der Waals surface area contributed by atoms with Gasteiger partial charge in [-0.3, -0.25) is 4.79 Å². The minimum Gasteiger partial charge on any atom is -0.325 e. The van der Waals surface area contributed by atoms with Crippen LogP contribution >= 0.6 is 0 Å². The van der Waals surface area contributed by atoms with Crippen molar-refractivity contribution in [3.05, 3.63) is 29.3 Å². The van der Waals surface area contributed by atoms with Crippen LogP contribution in [0.1, 0.15) is 44.7 Å². The van der Waals surface area contributed by atoms with Crippen LogP contribution in [0.4, 0.5) is 5.69 Å². The van der Waals surface area contributed by atoms with Gasteiger partial charge in [0.2, 0.25) is 5.91 Å². The van der Waals surface area contributed by atoms with Crippen LogP contribution in [0.15, 0.2) is 18.2 Å². The van der Waals surface area contributed by atoms with E-state index in [9.17, 15) is 4.79 Å². The summed E-state index contributed by atoms with van der Waals surface area (Å²) in [6.07, 6.45) is 4.70. The molecule has 0 fully saturated rings. The number of hydrogen-bond donors (Lipinski definition) is 2. The van der Waals surface area contributed by atoms with Crippen LogP contribution in [0.25, 0.3) is 0 Å². The second-order valence-electron chi connectivity index (χ2n) is 6.30. The standard InChI is InChI=1S/C16H24N2O/c1-16(2,3)17-11-15(19)18-14-10-6-8-12-7-4-5-9-13(12)14/h6,8,10,17H,4-5,7,9,11H2,1-3H3,(H,18,19). The van der Waals surface area contributed by atoms with E-state index in [2.05, 4.69) is 37.5 Å². The number of nitrogens with one attached hydrogen (secondary N) is 2. The zero-order valence-corrected chi connectivity index (χ0v) is 12.2. The Kier molecular flexibility index (Phi) is 4.25. The molecule has 3 heteroatoms. The van der Waals surface area contributed by atoms with Crippen LogP contribution in [-0.4, -0.2) is 18.0 Å². The van der Waals surface area contributed by atoms with Crippen LogP contribution in [-0.2, 0) is 17.6 Å². The number of carbonyl (C=O) groups excluding carboxylic acids is 1. The lowest BCUT2D eigenvalue weighted by Crippen LogP contribution is -2.41. The first-order valence-corrected chi connectivity index (χ1v) is 7.11. The lowest BCUT2D eigenvalue weighted by Gasteiger charge is -2.22. The molecule has 1 amide bonds. The van der Waals surface area contributed by atoms with Gasteiger partial charge in [0.15, 0.2) is 0 Å². The zero-order valence-electron chi connectivity index (χ0n) is 12.2. The van der Waals surface area contributed by atoms with Gasteiger partial charge in [0.1, 0.15) is 0 Å². The molecule has 0 aliphatic heterocycles. The van der Waals surface area contributed by atoms with E-state index in [-0.39, 0.29) is 11.4 Å². The Morgan fingerprint density at radius 2 is 1.95 bits per heavy atom. The minimum absolute atomic E-state index is 0.0343. The maximum atomic E-state index is 12.0. The summed E-state index contributed by atoms with van der Waals surface area (Å²) >= 11 is 0. The van der Waals surface area contributed by atoms with E-state index in [0.29, 0.717) is 6.54 Å². The Morgan fingerprint density at radius 3 is 2.68 bits per heavy atom. The fourth-order valence-corrected chi connectivity index (χ4v) is 2.44. The number of rotatable bonds is 3. The van der Waals surface area contributed by atoms with E-state index in [0.717, 1.165) is 18.5 Å². The summed E-state index contributed by atoms with van der Waals surface area (Å²) in [5.41, 5.74) is 3.69. The SMILES string of the molecule is CC(C)(C)NCC(=O)Nc1cccc2c1CCCC2. The van der Waals surface area contributed by atoms with E-state index in [1.165, 1.54) is 24.0 Å². The van der Waals surface area contributed by atoms with E-state index >= 15 is 0 Å². The van der Waals surface area contributed by atoms with E-state index in [1.807, 2.05) is 12.1 Å². The topological polar surface area (TPSA) is 41.1 Å². The third-order valence-electron chi connectivity index (χ3n) is 3.45. The maximum absolute atomic E-state index is 12.0. The Bertz CT molecular complexity index is 460. The molecular formula is C16H24N2O. The Balaban J connectivity index is 2.01. The molecule has 1 aliphatic rings. The number of anilines is 1. The highest BCUT2D eigenvalue weighted by molar-refractivity contribution is 5.93. The van der Waals surface area contributed by atoms with Crippen molar-refractivity contribution in [2.24, 2.45) is 0 Å². The molecule has 1 aliphatic carbocycles. The summed E-state index contributed by atoms with van der Waals surface area (Å²) in [6.45, 7) is 6.53. The van der Waals surface area contributed by atoms with Crippen LogP contribution in [0.3, 0.4) is 0 Å². The van der Waals surface area contributed by atoms with Gasteiger partial charge < -0.3 is 10.6 Å². The highest BCUT2D eigenvalue weighted by Crippen LogP contribution is 2.27. The molecule has 1 aromatic carbocycles. The van der Waals surface area contributed by atoms with Crippen molar-refractivity contribution in [1.82, 2.24) is 5.32 Å². The predicted octanol–water partition coefficient (Wildman–Crippen LogP) is 2.89. The van der Waals surface area contributed by atoms with Gasteiger partial charge in [-0.25, -0.2) is 0 Å². The predicted molar refractivity (Wildman–Crippen MR) is 79.5 cm³/mol. The number of fused-ring (bicyclic) bond motifs is 1. The highest BCUT2D eigenvalue weighted by atomic mass is 16.1. The molecule has 0 unspecified atom stereocenters.